The van der Waals surface area contributed by atoms with E-state index in [0.717, 1.165) is 48.7 Å². The summed E-state index contributed by atoms with van der Waals surface area (Å²) in [6.07, 6.45) is 0. The normalized spacial score (nSPS) is 11.1. The van der Waals surface area contributed by atoms with Gasteiger partial charge in [0.05, 0.1) is 29.9 Å². The van der Waals surface area contributed by atoms with E-state index in [0.29, 0.717) is 13.1 Å². The van der Waals surface area contributed by atoms with Gasteiger partial charge >= 0.3 is 0 Å². The van der Waals surface area contributed by atoms with E-state index in [1.54, 1.807) is 11.8 Å². The van der Waals surface area contributed by atoms with Crippen molar-refractivity contribution < 1.29 is 10.2 Å². The van der Waals surface area contributed by atoms with E-state index in [1.807, 2.05) is 53.4 Å². The summed E-state index contributed by atoms with van der Waals surface area (Å²) < 4.78 is 0. The van der Waals surface area contributed by atoms with Crippen molar-refractivity contribution in [2.45, 2.75) is 9.79 Å². The van der Waals surface area contributed by atoms with Crippen molar-refractivity contribution in [1.82, 2.24) is 4.98 Å². The third-order valence-corrected chi connectivity index (χ3v) is 6.90. The second kappa shape index (κ2) is 10.8. The zero-order valence-electron chi connectivity index (χ0n) is 19.3. The van der Waals surface area contributed by atoms with Crippen LogP contribution in [0.25, 0.3) is 21.8 Å². The molecule has 0 aliphatic heterocycles. The summed E-state index contributed by atoms with van der Waals surface area (Å²) in [4.78, 5) is 9.06. The van der Waals surface area contributed by atoms with Gasteiger partial charge in [0, 0.05) is 45.0 Å². The first-order chi connectivity index (χ1) is 17.2. The van der Waals surface area contributed by atoms with Crippen molar-refractivity contribution in [3.8, 4) is 0 Å². The number of rotatable bonds is 9. The van der Waals surface area contributed by atoms with Gasteiger partial charge in [-0.3, -0.25) is 0 Å². The summed E-state index contributed by atoms with van der Waals surface area (Å²) >= 11 is 1.70. The quantitative estimate of drug-likeness (QED) is 0.222. The monoisotopic (exact) mass is 481 g/mol. The molecule has 176 valence electrons. The van der Waals surface area contributed by atoms with Crippen molar-refractivity contribution >= 4 is 50.6 Å². The number of benzene rings is 4. The number of hydrogen-bond acceptors (Lipinski definition) is 6. The molecule has 0 saturated heterocycles. The number of nitrogens with one attached hydrogen (secondary N) is 1. The molecule has 0 bridgehead atoms. The van der Waals surface area contributed by atoms with Gasteiger partial charge in [-0.25, -0.2) is 4.98 Å². The Balaban J connectivity index is 1.34. The molecule has 0 radical (unpaired) electrons. The minimum atomic E-state index is 0.0575. The van der Waals surface area contributed by atoms with Crippen LogP contribution in [0.15, 0.2) is 107 Å². The van der Waals surface area contributed by atoms with Crippen LogP contribution in [0, 0.1) is 0 Å². The second-order valence-electron chi connectivity index (χ2n) is 8.20. The molecule has 0 aliphatic carbocycles. The molecule has 1 heterocycles. The van der Waals surface area contributed by atoms with Crippen LogP contribution in [0.3, 0.4) is 0 Å². The van der Waals surface area contributed by atoms with Crippen molar-refractivity contribution in [3.63, 3.8) is 0 Å². The lowest BCUT2D eigenvalue weighted by Crippen LogP contribution is -2.29. The Kier molecular flexibility index (Phi) is 7.14. The molecule has 4 aromatic carbocycles. The Morgan fingerprint density at radius 2 is 1.17 bits per heavy atom. The second-order valence-corrected chi connectivity index (χ2v) is 9.35. The Bertz CT molecular complexity index is 1360. The molecule has 0 amide bonds. The van der Waals surface area contributed by atoms with E-state index < -0.39 is 0 Å². The van der Waals surface area contributed by atoms with E-state index in [2.05, 4.69) is 53.8 Å². The van der Waals surface area contributed by atoms with E-state index in [1.165, 1.54) is 0 Å². The topological polar surface area (TPSA) is 68.6 Å². The summed E-state index contributed by atoms with van der Waals surface area (Å²) in [7, 11) is 0. The van der Waals surface area contributed by atoms with Crippen molar-refractivity contribution in [2.24, 2.45) is 0 Å². The summed E-state index contributed by atoms with van der Waals surface area (Å²) in [6.45, 7) is 1.12. The summed E-state index contributed by atoms with van der Waals surface area (Å²) in [5.41, 5.74) is 5.03. The lowest BCUT2D eigenvalue weighted by atomic mass is 10.1. The fraction of sp³-hybridized carbons (Fsp3) is 0.138. The molecule has 0 spiro atoms. The molecular formula is C29H27N3O2S. The number of pyridine rings is 1. The van der Waals surface area contributed by atoms with Crippen LogP contribution >= 0.6 is 11.8 Å². The number of aliphatic hydroxyl groups is 2. The van der Waals surface area contributed by atoms with Crippen LogP contribution in [0.1, 0.15) is 0 Å². The first kappa shape index (κ1) is 23.2. The van der Waals surface area contributed by atoms with Crippen LogP contribution in [0.2, 0.25) is 0 Å². The zero-order valence-corrected chi connectivity index (χ0v) is 20.1. The lowest BCUT2D eigenvalue weighted by molar-refractivity contribution is 0.281. The van der Waals surface area contributed by atoms with Crippen LogP contribution in [0.5, 0.6) is 0 Å². The molecular weight excluding hydrogens is 454 g/mol. The van der Waals surface area contributed by atoms with E-state index in [9.17, 15) is 10.2 Å². The SMILES string of the molecule is OCCN(CCO)c1ccc(Sc2ccc(Nc3c4ccccc4nc4ccccc34)cc2)cc1. The van der Waals surface area contributed by atoms with Crippen LogP contribution in [-0.4, -0.2) is 41.5 Å². The van der Waals surface area contributed by atoms with Gasteiger partial charge in [0.1, 0.15) is 0 Å². The molecule has 5 nitrogen and oxygen atoms in total. The number of aromatic nitrogens is 1. The average Bonchev–Trinajstić information content (AvgIpc) is 2.90. The number of para-hydroxylation sites is 2. The molecule has 5 rings (SSSR count). The van der Waals surface area contributed by atoms with Crippen LogP contribution in [-0.2, 0) is 0 Å². The van der Waals surface area contributed by atoms with Gasteiger partial charge in [-0.15, -0.1) is 0 Å². The number of fused-ring (bicyclic) bond motifs is 2. The van der Waals surface area contributed by atoms with Gasteiger partial charge in [0.2, 0.25) is 0 Å². The minimum Gasteiger partial charge on any atom is -0.395 e. The maximum Gasteiger partial charge on any atom is 0.0730 e. The molecule has 35 heavy (non-hydrogen) atoms. The Morgan fingerprint density at radius 1 is 0.657 bits per heavy atom. The minimum absolute atomic E-state index is 0.0575. The molecule has 6 heteroatoms. The largest absolute Gasteiger partial charge is 0.395 e. The first-order valence-electron chi connectivity index (χ1n) is 11.6. The highest BCUT2D eigenvalue weighted by molar-refractivity contribution is 7.99. The van der Waals surface area contributed by atoms with Gasteiger partial charge < -0.3 is 20.4 Å². The first-order valence-corrected chi connectivity index (χ1v) is 12.5. The third kappa shape index (κ3) is 5.25. The van der Waals surface area contributed by atoms with Gasteiger partial charge in [-0.05, 0) is 60.7 Å². The van der Waals surface area contributed by atoms with Crippen LogP contribution in [0.4, 0.5) is 17.1 Å². The molecule has 0 saturated carbocycles. The number of hydrogen-bond donors (Lipinski definition) is 3. The van der Waals surface area contributed by atoms with Gasteiger partial charge in [0.25, 0.3) is 0 Å². The molecule has 0 fully saturated rings. The van der Waals surface area contributed by atoms with Gasteiger partial charge in [0.15, 0.2) is 0 Å². The smallest absolute Gasteiger partial charge is 0.0730 e. The van der Waals surface area contributed by atoms with E-state index >= 15 is 0 Å². The predicted octanol–water partition coefficient (Wildman–Crippen LogP) is 6.07. The zero-order chi connectivity index (χ0) is 24.0. The molecule has 0 aliphatic rings. The average molecular weight is 482 g/mol. The summed E-state index contributed by atoms with van der Waals surface area (Å²) in [6, 6.07) is 33.1. The molecule has 0 atom stereocenters. The fourth-order valence-electron chi connectivity index (χ4n) is 4.20. The van der Waals surface area contributed by atoms with Crippen molar-refractivity contribution in [2.75, 3.05) is 36.5 Å². The highest BCUT2D eigenvalue weighted by Gasteiger charge is 2.10. The Hall–Kier alpha value is -3.58. The van der Waals surface area contributed by atoms with Gasteiger partial charge in [-0.1, -0.05) is 48.2 Å². The Labute approximate surface area is 209 Å². The summed E-state index contributed by atoms with van der Waals surface area (Å²) in [5.74, 6) is 0. The standard InChI is InChI=1S/C29H27N3O2S/c33-19-17-32(18-20-34)22-11-15-24(16-12-22)35-23-13-9-21(10-14-23)30-29-25-5-1-3-7-27(25)31-28-8-4-2-6-26(28)29/h1-16,33-34H,17-20H2,(H,30,31). The lowest BCUT2D eigenvalue weighted by Gasteiger charge is -2.23. The number of aliphatic hydroxyl groups excluding tert-OH is 2. The number of nitrogens with zero attached hydrogens (tertiary/aromatic N) is 2. The highest BCUT2D eigenvalue weighted by atomic mass is 32.2. The van der Waals surface area contributed by atoms with Crippen molar-refractivity contribution in [3.05, 3.63) is 97.1 Å². The molecule has 5 aromatic rings. The Morgan fingerprint density at radius 3 is 1.71 bits per heavy atom. The third-order valence-electron chi connectivity index (χ3n) is 5.89. The molecule has 0 unspecified atom stereocenters. The maximum atomic E-state index is 9.26. The maximum absolute atomic E-state index is 9.26. The van der Waals surface area contributed by atoms with E-state index in [4.69, 9.17) is 4.98 Å². The highest BCUT2D eigenvalue weighted by Crippen LogP contribution is 2.34. The summed E-state index contributed by atoms with van der Waals surface area (Å²) in [5, 5.41) is 24.3. The van der Waals surface area contributed by atoms with Gasteiger partial charge in [-0.2, -0.15) is 0 Å². The van der Waals surface area contributed by atoms with Crippen LogP contribution < -0.4 is 10.2 Å². The predicted molar refractivity (Wildman–Crippen MR) is 146 cm³/mol. The molecule has 3 N–H and O–H groups in total. The fourth-order valence-corrected chi connectivity index (χ4v) is 5.01. The number of anilines is 3. The molecule has 1 aromatic heterocycles. The van der Waals surface area contributed by atoms with E-state index in [-0.39, 0.29) is 13.2 Å². The van der Waals surface area contributed by atoms with Crippen molar-refractivity contribution in [1.29, 1.82) is 0 Å².